The van der Waals surface area contributed by atoms with Crippen LogP contribution in [0.25, 0.3) is 0 Å². The molecule has 0 aliphatic heterocycles. The van der Waals surface area contributed by atoms with Gasteiger partial charge in [0.15, 0.2) is 0 Å². The van der Waals surface area contributed by atoms with Crippen LogP contribution in [-0.4, -0.2) is 28.4 Å². The van der Waals surface area contributed by atoms with Gasteiger partial charge >= 0.3 is 0 Å². The Kier molecular flexibility index (Phi) is 3.55. The maximum atomic E-state index is 12.0. The number of carbonyl (C=O) groups excluding carboxylic acids is 2. The second-order valence-electron chi connectivity index (χ2n) is 5.91. The normalized spacial score (nSPS) is 14.9. The van der Waals surface area contributed by atoms with E-state index in [4.69, 9.17) is 0 Å². The largest absolute Gasteiger partial charge is 0.349 e. The van der Waals surface area contributed by atoms with Crippen molar-refractivity contribution in [3.8, 4) is 0 Å². The molecule has 0 radical (unpaired) electrons. The Labute approximate surface area is 112 Å². The summed E-state index contributed by atoms with van der Waals surface area (Å²) < 4.78 is 0. The van der Waals surface area contributed by atoms with Crippen molar-refractivity contribution in [1.82, 2.24) is 15.6 Å². The molecule has 0 aromatic carbocycles. The Morgan fingerprint density at radius 1 is 1.16 bits per heavy atom. The van der Waals surface area contributed by atoms with Crippen molar-refractivity contribution < 1.29 is 9.59 Å². The SMILES string of the molecule is CC(C)(C)NC(=O)c1cncc(C(=O)NC2CC2)c1. The number of carbonyl (C=O) groups is 2. The van der Waals surface area contributed by atoms with Crippen LogP contribution in [-0.2, 0) is 0 Å². The standard InChI is InChI=1S/C14H19N3O2/c1-14(2,3)17-13(19)10-6-9(7-15-8-10)12(18)16-11-4-5-11/h6-8,11H,4-5H2,1-3H3,(H,16,18)(H,17,19). The van der Waals surface area contributed by atoms with Crippen molar-refractivity contribution in [1.29, 1.82) is 0 Å². The lowest BCUT2D eigenvalue weighted by atomic mass is 10.1. The molecule has 2 amide bonds. The highest BCUT2D eigenvalue weighted by molar-refractivity contribution is 5.99. The molecule has 0 unspecified atom stereocenters. The molecule has 0 bridgehead atoms. The van der Waals surface area contributed by atoms with Gasteiger partial charge in [0.25, 0.3) is 11.8 Å². The summed E-state index contributed by atoms with van der Waals surface area (Å²) in [5, 5.41) is 5.72. The van der Waals surface area contributed by atoms with Crippen LogP contribution < -0.4 is 10.6 Å². The van der Waals surface area contributed by atoms with Crippen molar-refractivity contribution in [3.63, 3.8) is 0 Å². The summed E-state index contributed by atoms with van der Waals surface area (Å²) in [6.07, 6.45) is 5.01. The molecule has 19 heavy (non-hydrogen) atoms. The molecule has 102 valence electrons. The maximum absolute atomic E-state index is 12.0. The molecule has 1 aromatic heterocycles. The molecule has 0 saturated heterocycles. The summed E-state index contributed by atoms with van der Waals surface area (Å²) in [5.74, 6) is -0.388. The van der Waals surface area contributed by atoms with Crippen LogP contribution in [0.2, 0.25) is 0 Å². The maximum Gasteiger partial charge on any atom is 0.253 e. The van der Waals surface area contributed by atoms with Gasteiger partial charge in [-0.25, -0.2) is 0 Å². The third kappa shape index (κ3) is 4.05. The van der Waals surface area contributed by atoms with E-state index in [1.54, 1.807) is 6.07 Å². The van der Waals surface area contributed by atoms with Crippen LogP contribution in [0.15, 0.2) is 18.5 Å². The highest BCUT2D eigenvalue weighted by Gasteiger charge is 2.24. The lowest BCUT2D eigenvalue weighted by molar-refractivity contribution is 0.0919. The number of nitrogens with zero attached hydrogens (tertiary/aromatic N) is 1. The first-order chi connectivity index (χ1) is 8.85. The fourth-order valence-electron chi connectivity index (χ4n) is 1.60. The van der Waals surface area contributed by atoms with E-state index >= 15 is 0 Å². The van der Waals surface area contributed by atoms with Gasteiger partial charge in [0, 0.05) is 24.0 Å². The van der Waals surface area contributed by atoms with Crippen LogP contribution in [0, 0.1) is 0 Å². The predicted molar refractivity (Wildman–Crippen MR) is 71.9 cm³/mol. The molecule has 1 aliphatic carbocycles. The van der Waals surface area contributed by atoms with Gasteiger partial charge in [-0.1, -0.05) is 0 Å². The Balaban J connectivity index is 2.09. The summed E-state index contributed by atoms with van der Waals surface area (Å²) >= 11 is 0. The lowest BCUT2D eigenvalue weighted by Gasteiger charge is -2.20. The van der Waals surface area contributed by atoms with Crippen LogP contribution in [0.5, 0.6) is 0 Å². The summed E-state index contributed by atoms with van der Waals surface area (Å²) in [6.45, 7) is 5.71. The zero-order valence-electron chi connectivity index (χ0n) is 11.5. The second-order valence-corrected chi connectivity index (χ2v) is 5.91. The first-order valence-electron chi connectivity index (χ1n) is 6.43. The van der Waals surface area contributed by atoms with E-state index in [1.807, 2.05) is 20.8 Å². The Hall–Kier alpha value is -1.91. The molecule has 0 spiro atoms. The molecule has 2 N–H and O–H groups in total. The van der Waals surface area contributed by atoms with Gasteiger partial charge in [0.1, 0.15) is 0 Å². The van der Waals surface area contributed by atoms with Gasteiger partial charge in [-0.05, 0) is 39.7 Å². The van der Waals surface area contributed by atoms with Gasteiger partial charge in [-0.3, -0.25) is 14.6 Å². The molecule has 5 nitrogen and oxygen atoms in total. The van der Waals surface area contributed by atoms with Crippen molar-refractivity contribution >= 4 is 11.8 Å². The zero-order valence-corrected chi connectivity index (χ0v) is 11.5. The second kappa shape index (κ2) is 4.99. The highest BCUT2D eigenvalue weighted by Crippen LogP contribution is 2.19. The van der Waals surface area contributed by atoms with Crippen LogP contribution in [0.1, 0.15) is 54.3 Å². The molecular formula is C14H19N3O2. The number of aromatic nitrogens is 1. The quantitative estimate of drug-likeness (QED) is 0.866. The molecule has 1 saturated carbocycles. The molecule has 1 fully saturated rings. The number of hydrogen-bond acceptors (Lipinski definition) is 3. The number of amides is 2. The van der Waals surface area contributed by atoms with Crippen LogP contribution in [0.4, 0.5) is 0 Å². The fourth-order valence-corrected chi connectivity index (χ4v) is 1.60. The molecule has 5 heteroatoms. The van der Waals surface area contributed by atoms with Crippen molar-refractivity contribution in [3.05, 3.63) is 29.6 Å². The average Bonchev–Trinajstić information content (AvgIpc) is 3.11. The van der Waals surface area contributed by atoms with E-state index in [9.17, 15) is 9.59 Å². The van der Waals surface area contributed by atoms with Gasteiger partial charge in [-0.2, -0.15) is 0 Å². The number of rotatable bonds is 3. The molecule has 1 aromatic rings. The number of pyridine rings is 1. The molecule has 2 rings (SSSR count). The first kappa shape index (κ1) is 13.5. The zero-order chi connectivity index (χ0) is 14.0. The van der Waals surface area contributed by atoms with E-state index in [1.165, 1.54) is 12.4 Å². The van der Waals surface area contributed by atoms with Gasteiger partial charge in [0.05, 0.1) is 11.1 Å². The van der Waals surface area contributed by atoms with Crippen molar-refractivity contribution in [2.45, 2.75) is 45.2 Å². The van der Waals surface area contributed by atoms with Gasteiger partial charge in [0.2, 0.25) is 0 Å². The van der Waals surface area contributed by atoms with Gasteiger partial charge in [-0.15, -0.1) is 0 Å². The number of nitrogens with one attached hydrogen (secondary N) is 2. The predicted octanol–water partition coefficient (Wildman–Crippen LogP) is 1.50. The van der Waals surface area contributed by atoms with Crippen molar-refractivity contribution in [2.24, 2.45) is 0 Å². The van der Waals surface area contributed by atoms with Crippen LogP contribution >= 0.6 is 0 Å². The monoisotopic (exact) mass is 261 g/mol. The summed E-state index contributed by atoms with van der Waals surface area (Å²) in [7, 11) is 0. The Bertz CT molecular complexity index is 502. The van der Waals surface area contributed by atoms with E-state index in [0.717, 1.165) is 12.8 Å². The third-order valence-corrected chi connectivity index (χ3v) is 2.66. The summed E-state index contributed by atoms with van der Waals surface area (Å²) in [4.78, 5) is 27.8. The average molecular weight is 261 g/mol. The van der Waals surface area contributed by atoms with E-state index in [0.29, 0.717) is 17.2 Å². The highest BCUT2D eigenvalue weighted by atomic mass is 16.2. The Morgan fingerprint density at radius 3 is 2.26 bits per heavy atom. The first-order valence-corrected chi connectivity index (χ1v) is 6.43. The minimum atomic E-state index is -0.316. The third-order valence-electron chi connectivity index (χ3n) is 2.66. The molecule has 1 heterocycles. The van der Waals surface area contributed by atoms with Crippen LogP contribution in [0.3, 0.4) is 0 Å². The van der Waals surface area contributed by atoms with Crippen molar-refractivity contribution in [2.75, 3.05) is 0 Å². The smallest absolute Gasteiger partial charge is 0.253 e. The van der Waals surface area contributed by atoms with E-state index in [-0.39, 0.29) is 17.4 Å². The molecule has 0 atom stereocenters. The molecule has 1 aliphatic rings. The minimum Gasteiger partial charge on any atom is -0.349 e. The summed E-state index contributed by atoms with van der Waals surface area (Å²) in [6, 6.07) is 1.87. The van der Waals surface area contributed by atoms with Gasteiger partial charge < -0.3 is 10.6 Å². The van der Waals surface area contributed by atoms with E-state index < -0.39 is 0 Å². The topological polar surface area (TPSA) is 71.1 Å². The minimum absolute atomic E-state index is 0.166. The Morgan fingerprint density at radius 2 is 1.74 bits per heavy atom. The number of hydrogen-bond donors (Lipinski definition) is 2. The van der Waals surface area contributed by atoms with E-state index in [2.05, 4.69) is 15.6 Å². The molecular weight excluding hydrogens is 242 g/mol. The lowest BCUT2D eigenvalue weighted by Crippen LogP contribution is -2.40. The summed E-state index contributed by atoms with van der Waals surface area (Å²) in [5.41, 5.74) is 0.510. The fraction of sp³-hybridized carbons (Fsp3) is 0.500.